The third kappa shape index (κ3) is 7.24. The second-order valence-electron chi connectivity index (χ2n) is 9.26. The van der Waals surface area contributed by atoms with Crippen LogP contribution in [0.5, 0.6) is 5.75 Å². The Morgan fingerprint density at radius 2 is 1.20 bits per heavy atom. The maximum atomic E-state index is 5.75. The Balaban J connectivity index is 1.37. The first-order valence-electron chi connectivity index (χ1n) is 13.1. The van der Waals surface area contributed by atoms with Crippen LogP contribution in [-0.2, 0) is 6.42 Å². The molecule has 0 aromatic heterocycles. The van der Waals surface area contributed by atoms with Crippen LogP contribution in [0.4, 0.5) is 0 Å². The van der Waals surface area contributed by atoms with Gasteiger partial charge in [0, 0.05) is 11.1 Å². The van der Waals surface area contributed by atoms with E-state index >= 15 is 0 Å². The van der Waals surface area contributed by atoms with Crippen molar-refractivity contribution in [3.63, 3.8) is 0 Å². The van der Waals surface area contributed by atoms with Crippen LogP contribution in [-0.4, -0.2) is 6.61 Å². The van der Waals surface area contributed by atoms with Crippen LogP contribution in [0.2, 0.25) is 0 Å². The third-order valence-electron chi connectivity index (χ3n) is 6.38. The molecule has 0 aliphatic heterocycles. The average Bonchev–Trinajstić information content (AvgIpc) is 2.91. The van der Waals surface area contributed by atoms with Crippen LogP contribution in [0.25, 0.3) is 21.9 Å². The maximum absolute atomic E-state index is 5.75. The van der Waals surface area contributed by atoms with Crippen LogP contribution in [0.15, 0.2) is 84.9 Å². The van der Waals surface area contributed by atoms with Gasteiger partial charge in [0.2, 0.25) is 0 Å². The molecule has 178 valence electrons. The number of aryl methyl sites for hydroxylation is 1. The second kappa shape index (κ2) is 12.8. The lowest BCUT2D eigenvalue weighted by Crippen LogP contribution is -1.94. The van der Waals surface area contributed by atoms with Crippen molar-refractivity contribution in [1.82, 2.24) is 0 Å². The van der Waals surface area contributed by atoms with Crippen molar-refractivity contribution >= 4 is 10.8 Å². The Bertz CT molecular complexity index is 1270. The molecular formula is C34H36O. The van der Waals surface area contributed by atoms with Crippen molar-refractivity contribution in [3.05, 3.63) is 102 Å². The van der Waals surface area contributed by atoms with Crippen molar-refractivity contribution in [2.45, 2.75) is 58.8 Å². The fourth-order valence-corrected chi connectivity index (χ4v) is 4.30. The van der Waals surface area contributed by atoms with Crippen molar-refractivity contribution < 1.29 is 4.74 Å². The second-order valence-corrected chi connectivity index (χ2v) is 9.26. The lowest BCUT2D eigenvalue weighted by Gasteiger charge is -2.06. The van der Waals surface area contributed by atoms with Gasteiger partial charge in [-0.1, -0.05) is 99.9 Å². The summed E-state index contributed by atoms with van der Waals surface area (Å²) in [7, 11) is 0. The predicted molar refractivity (Wildman–Crippen MR) is 150 cm³/mol. The highest BCUT2D eigenvalue weighted by molar-refractivity contribution is 5.85. The Labute approximate surface area is 211 Å². The molecular weight excluding hydrogens is 424 g/mol. The maximum Gasteiger partial charge on any atom is 0.119 e. The molecule has 0 radical (unpaired) electrons. The van der Waals surface area contributed by atoms with Crippen LogP contribution >= 0.6 is 0 Å². The molecule has 1 nitrogen and oxygen atoms in total. The summed E-state index contributed by atoms with van der Waals surface area (Å²) in [5.74, 6) is 7.56. The lowest BCUT2D eigenvalue weighted by atomic mass is 10.00. The smallest absolute Gasteiger partial charge is 0.119 e. The first kappa shape index (κ1) is 24.6. The minimum atomic E-state index is 0.748. The topological polar surface area (TPSA) is 9.23 Å². The molecule has 0 aliphatic rings. The van der Waals surface area contributed by atoms with Gasteiger partial charge in [-0.2, -0.15) is 0 Å². The number of hydrogen-bond donors (Lipinski definition) is 0. The number of ether oxygens (including phenoxy) is 1. The van der Waals surface area contributed by atoms with Crippen molar-refractivity contribution in [1.29, 1.82) is 0 Å². The van der Waals surface area contributed by atoms with E-state index in [0.717, 1.165) is 29.9 Å². The summed E-state index contributed by atoms with van der Waals surface area (Å²) in [5.41, 5.74) is 5.98. The van der Waals surface area contributed by atoms with E-state index in [4.69, 9.17) is 4.74 Å². The number of benzene rings is 4. The molecule has 1 heteroatoms. The molecule has 35 heavy (non-hydrogen) atoms. The standard InChI is InChI=1S/C34H36O/c1-3-5-6-7-8-9-27-12-17-30(18-13-27)31-19-14-28(15-20-31)10-11-29-16-21-33-26-34(35-24-4-2)23-22-32(33)25-29/h12-23,25-26H,3-9,24H2,1-2H3. The number of rotatable bonds is 10. The van der Waals surface area contributed by atoms with E-state index in [1.54, 1.807) is 0 Å². The molecule has 0 atom stereocenters. The van der Waals surface area contributed by atoms with E-state index in [1.165, 1.54) is 66.0 Å². The molecule has 0 saturated carbocycles. The molecule has 4 aromatic rings. The van der Waals surface area contributed by atoms with Gasteiger partial charge < -0.3 is 4.74 Å². The molecule has 0 heterocycles. The van der Waals surface area contributed by atoms with Gasteiger partial charge in [0.25, 0.3) is 0 Å². The van der Waals surface area contributed by atoms with Crippen molar-refractivity contribution in [2.24, 2.45) is 0 Å². The van der Waals surface area contributed by atoms with Crippen LogP contribution < -0.4 is 4.74 Å². The fourth-order valence-electron chi connectivity index (χ4n) is 4.30. The van der Waals surface area contributed by atoms with Crippen LogP contribution in [0.3, 0.4) is 0 Å². The molecule has 0 fully saturated rings. The highest BCUT2D eigenvalue weighted by atomic mass is 16.5. The summed E-state index contributed by atoms with van der Waals surface area (Å²) >= 11 is 0. The van der Waals surface area contributed by atoms with Gasteiger partial charge in [-0.3, -0.25) is 0 Å². The lowest BCUT2D eigenvalue weighted by molar-refractivity contribution is 0.318. The number of unbranched alkanes of at least 4 members (excludes halogenated alkanes) is 4. The summed E-state index contributed by atoms with van der Waals surface area (Å²) in [6, 6.07) is 30.2. The molecule has 4 aromatic carbocycles. The van der Waals surface area contributed by atoms with Gasteiger partial charge in [0.1, 0.15) is 5.75 Å². The Morgan fingerprint density at radius 3 is 1.94 bits per heavy atom. The first-order valence-corrected chi connectivity index (χ1v) is 13.1. The quantitative estimate of drug-likeness (QED) is 0.169. The molecule has 0 bridgehead atoms. The van der Waals surface area contributed by atoms with Gasteiger partial charge in [0.15, 0.2) is 0 Å². The minimum Gasteiger partial charge on any atom is -0.494 e. The number of hydrogen-bond acceptors (Lipinski definition) is 1. The summed E-state index contributed by atoms with van der Waals surface area (Å²) in [6.07, 6.45) is 8.85. The SMILES string of the molecule is CCCCCCCc1ccc(-c2ccc(C#Cc3ccc4cc(OCCC)ccc4c3)cc2)cc1. The molecule has 0 aliphatic carbocycles. The average molecular weight is 461 g/mol. The van der Waals surface area contributed by atoms with E-state index in [9.17, 15) is 0 Å². The van der Waals surface area contributed by atoms with E-state index < -0.39 is 0 Å². The van der Waals surface area contributed by atoms with Gasteiger partial charge in [-0.25, -0.2) is 0 Å². The molecule has 0 unspecified atom stereocenters. The minimum absolute atomic E-state index is 0.748. The summed E-state index contributed by atoms with van der Waals surface area (Å²) < 4.78 is 5.75. The normalized spacial score (nSPS) is 10.7. The molecule has 0 spiro atoms. The van der Waals surface area contributed by atoms with E-state index in [2.05, 4.69) is 105 Å². The summed E-state index contributed by atoms with van der Waals surface area (Å²) in [4.78, 5) is 0. The summed E-state index contributed by atoms with van der Waals surface area (Å²) in [6.45, 7) is 5.13. The molecule has 0 amide bonds. The molecule has 0 N–H and O–H groups in total. The molecule has 0 saturated heterocycles. The zero-order valence-electron chi connectivity index (χ0n) is 21.1. The highest BCUT2D eigenvalue weighted by Crippen LogP contribution is 2.23. The monoisotopic (exact) mass is 460 g/mol. The Kier molecular flexibility index (Phi) is 9.02. The Morgan fingerprint density at radius 1 is 0.571 bits per heavy atom. The third-order valence-corrected chi connectivity index (χ3v) is 6.38. The predicted octanol–water partition coefficient (Wildman–Crippen LogP) is 9.21. The van der Waals surface area contributed by atoms with Crippen molar-refractivity contribution in [3.8, 4) is 28.7 Å². The Hall–Kier alpha value is -3.50. The van der Waals surface area contributed by atoms with Crippen molar-refractivity contribution in [2.75, 3.05) is 6.61 Å². The van der Waals surface area contributed by atoms with E-state index in [-0.39, 0.29) is 0 Å². The van der Waals surface area contributed by atoms with E-state index in [1.807, 2.05) is 6.07 Å². The zero-order chi connectivity index (χ0) is 24.3. The van der Waals surface area contributed by atoms with Gasteiger partial charge in [-0.05, 0) is 83.1 Å². The fraction of sp³-hybridized carbons (Fsp3) is 0.294. The zero-order valence-corrected chi connectivity index (χ0v) is 21.1. The number of fused-ring (bicyclic) bond motifs is 1. The van der Waals surface area contributed by atoms with Crippen LogP contribution in [0, 0.1) is 11.8 Å². The summed E-state index contributed by atoms with van der Waals surface area (Å²) in [5, 5.41) is 2.36. The van der Waals surface area contributed by atoms with Gasteiger partial charge >= 0.3 is 0 Å². The van der Waals surface area contributed by atoms with Crippen LogP contribution in [0.1, 0.15) is 69.1 Å². The highest BCUT2D eigenvalue weighted by Gasteiger charge is 2.01. The molecule has 4 rings (SSSR count). The van der Waals surface area contributed by atoms with E-state index in [0.29, 0.717) is 0 Å². The van der Waals surface area contributed by atoms with Gasteiger partial charge in [-0.15, -0.1) is 0 Å². The first-order chi connectivity index (χ1) is 17.2. The largest absolute Gasteiger partial charge is 0.494 e. The van der Waals surface area contributed by atoms with Gasteiger partial charge in [0.05, 0.1) is 6.61 Å².